The van der Waals surface area contributed by atoms with Gasteiger partial charge in [-0.25, -0.2) is 0 Å². The van der Waals surface area contributed by atoms with Crippen LogP contribution >= 0.6 is 15.9 Å². The Balaban J connectivity index is 2.46. The second-order valence-electron chi connectivity index (χ2n) is 5.31. The van der Waals surface area contributed by atoms with Crippen molar-refractivity contribution in [2.75, 3.05) is 5.33 Å². The normalized spacial score (nSPS) is 42.2. The van der Waals surface area contributed by atoms with Gasteiger partial charge in [0.25, 0.3) is 0 Å². The van der Waals surface area contributed by atoms with Gasteiger partial charge in [-0.05, 0) is 18.3 Å². The number of alkyl halides is 1. The van der Waals surface area contributed by atoms with Crippen LogP contribution in [0.5, 0.6) is 0 Å². The maximum atomic E-state index is 12.4. The molecule has 0 amide bonds. The zero-order valence-corrected chi connectivity index (χ0v) is 11.6. The first-order valence-electron chi connectivity index (χ1n) is 5.64. The number of Topliss-reactive ketones (excluding diaryl/α,β-unsaturated/α-hetero) is 1. The summed E-state index contributed by atoms with van der Waals surface area (Å²) in [5.41, 5.74) is 10.6. The van der Waals surface area contributed by atoms with Gasteiger partial charge < -0.3 is 11.5 Å². The number of hydrogen-bond donors (Lipinski definition) is 2. The minimum Gasteiger partial charge on any atom is -0.369 e. The van der Waals surface area contributed by atoms with Gasteiger partial charge in [0, 0.05) is 16.7 Å². The van der Waals surface area contributed by atoms with Crippen molar-refractivity contribution in [3.8, 4) is 0 Å². The summed E-state index contributed by atoms with van der Waals surface area (Å²) in [5, 5.41) is 8.38. The van der Waals surface area contributed by atoms with Crippen LogP contribution in [0.15, 0.2) is 10.2 Å². The minimum absolute atomic E-state index is 0.0816. The van der Waals surface area contributed by atoms with E-state index in [-0.39, 0.29) is 28.5 Å². The van der Waals surface area contributed by atoms with E-state index in [2.05, 4.69) is 33.1 Å². The number of carbonyl (C=O) groups is 1. The molecule has 0 radical (unpaired) electrons. The molecule has 0 saturated heterocycles. The fraction of sp³-hybridized carbons (Fsp3) is 0.727. The smallest absolute Gasteiger partial charge is 0.211 e. The second kappa shape index (κ2) is 3.80. The number of carbonyl (C=O) groups excluding carboxylic acids is 1. The van der Waals surface area contributed by atoms with Crippen LogP contribution in [0, 0.1) is 16.7 Å². The summed E-state index contributed by atoms with van der Waals surface area (Å²) in [4.78, 5) is 12.4. The van der Waals surface area contributed by atoms with E-state index in [1.807, 2.05) is 6.92 Å². The first-order chi connectivity index (χ1) is 7.87. The molecule has 2 bridgehead atoms. The Hall–Kier alpha value is -0.910. The standard InChI is InChI=1S/C11H17BrN4O/c1-10-4-3-6(11(10,2)5-12)7(8(10)17)15-16-9(13)14/h6H,3-5H2,1-2H3,(H4,13,14,16)/b15-7-. The molecule has 2 rings (SSSR count). The third-order valence-corrected chi connectivity index (χ3v) is 5.74. The average Bonchev–Trinajstić information content (AvgIpc) is 2.62. The van der Waals surface area contributed by atoms with Gasteiger partial charge in [-0.1, -0.05) is 29.8 Å². The van der Waals surface area contributed by atoms with Gasteiger partial charge in [0.05, 0.1) is 0 Å². The van der Waals surface area contributed by atoms with Crippen molar-refractivity contribution in [1.82, 2.24) is 0 Å². The summed E-state index contributed by atoms with van der Waals surface area (Å²) in [7, 11) is 0. The van der Waals surface area contributed by atoms with Crippen LogP contribution in [0.4, 0.5) is 0 Å². The molecule has 2 aliphatic rings. The lowest BCUT2D eigenvalue weighted by atomic mass is 9.70. The first-order valence-corrected chi connectivity index (χ1v) is 6.76. The molecule has 17 heavy (non-hydrogen) atoms. The molecular weight excluding hydrogens is 284 g/mol. The largest absolute Gasteiger partial charge is 0.369 e. The highest BCUT2D eigenvalue weighted by molar-refractivity contribution is 9.09. The maximum absolute atomic E-state index is 12.4. The number of nitrogens with zero attached hydrogens (tertiary/aromatic N) is 2. The Morgan fingerprint density at radius 2 is 2.18 bits per heavy atom. The van der Waals surface area contributed by atoms with E-state index in [1.54, 1.807) is 0 Å². The van der Waals surface area contributed by atoms with Crippen molar-refractivity contribution in [3.63, 3.8) is 0 Å². The summed E-state index contributed by atoms with van der Waals surface area (Å²) < 4.78 is 0. The summed E-state index contributed by atoms with van der Waals surface area (Å²) in [5.74, 6) is 0.141. The SMILES string of the molecule is CC12CCC(/C(=N/N=C(N)N)C1=O)C2(C)CBr. The fourth-order valence-electron chi connectivity index (χ4n) is 3.14. The summed E-state index contributed by atoms with van der Waals surface area (Å²) in [6.07, 6.45) is 1.89. The van der Waals surface area contributed by atoms with Gasteiger partial charge in [-0.15, -0.1) is 10.2 Å². The molecule has 2 aliphatic carbocycles. The molecule has 5 nitrogen and oxygen atoms in total. The molecule has 0 aromatic carbocycles. The molecule has 3 unspecified atom stereocenters. The van der Waals surface area contributed by atoms with Crippen LogP contribution in [0.1, 0.15) is 26.7 Å². The molecule has 2 saturated carbocycles. The van der Waals surface area contributed by atoms with E-state index >= 15 is 0 Å². The molecule has 4 N–H and O–H groups in total. The molecule has 2 fully saturated rings. The van der Waals surface area contributed by atoms with Gasteiger partial charge in [0.1, 0.15) is 5.71 Å². The Labute approximate surface area is 109 Å². The highest BCUT2D eigenvalue weighted by Crippen LogP contribution is 2.63. The minimum atomic E-state index is -0.334. The Morgan fingerprint density at radius 3 is 2.65 bits per heavy atom. The van der Waals surface area contributed by atoms with Crippen LogP contribution < -0.4 is 11.5 Å². The molecule has 94 valence electrons. The molecule has 0 aliphatic heterocycles. The van der Waals surface area contributed by atoms with Gasteiger partial charge in [0.2, 0.25) is 5.96 Å². The van der Waals surface area contributed by atoms with E-state index in [4.69, 9.17) is 11.5 Å². The van der Waals surface area contributed by atoms with Crippen LogP contribution in [-0.2, 0) is 4.79 Å². The van der Waals surface area contributed by atoms with Gasteiger partial charge in [-0.3, -0.25) is 4.79 Å². The average molecular weight is 301 g/mol. The number of halogens is 1. The second-order valence-corrected chi connectivity index (χ2v) is 5.87. The molecule has 0 spiro atoms. The quantitative estimate of drug-likeness (QED) is 0.345. The van der Waals surface area contributed by atoms with Crippen LogP contribution in [0.3, 0.4) is 0 Å². The highest BCUT2D eigenvalue weighted by atomic mass is 79.9. The number of fused-ring (bicyclic) bond motifs is 2. The molecule has 3 atom stereocenters. The number of ketones is 1. The summed E-state index contributed by atoms with van der Waals surface area (Å²) in [6, 6.07) is 0. The zero-order chi connectivity index (χ0) is 12.8. The molecule has 0 aromatic rings. The van der Waals surface area contributed by atoms with E-state index in [0.29, 0.717) is 5.71 Å². The van der Waals surface area contributed by atoms with Crippen LogP contribution in [0.2, 0.25) is 0 Å². The van der Waals surface area contributed by atoms with Crippen LogP contribution in [-0.4, -0.2) is 22.8 Å². The van der Waals surface area contributed by atoms with E-state index < -0.39 is 0 Å². The zero-order valence-electron chi connectivity index (χ0n) is 10.0. The third-order valence-electron chi connectivity index (χ3n) is 4.58. The van der Waals surface area contributed by atoms with Crippen molar-refractivity contribution in [3.05, 3.63) is 0 Å². The van der Waals surface area contributed by atoms with Crippen LogP contribution in [0.25, 0.3) is 0 Å². The van der Waals surface area contributed by atoms with E-state index in [0.717, 1.165) is 18.2 Å². The van der Waals surface area contributed by atoms with Crippen molar-refractivity contribution in [2.45, 2.75) is 26.7 Å². The molecule has 0 heterocycles. The third kappa shape index (κ3) is 1.46. The van der Waals surface area contributed by atoms with Crippen molar-refractivity contribution >= 4 is 33.4 Å². The van der Waals surface area contributed by atoms with Gasteiger partial charge >= 0.3 is 0 Å². The number of nitrogens with two attached hydrogens (primary N) is 2. The number of hydrogen-bond acceptors (Lipinski definition) is 3. The number of rotatable bonds is 2. The van der Waals surface area contributed by atoms with Crippen molar-refractivity contribution in [2.24, 2.45) is 38.4 Å². The topological polar surface area (TPSA) is 93.8 Å². The predicted octanol–water partition coefficient (Wildman–Crippen LogP) is 1.02. The van der Waals surface area contributed by atoms with Crippen molar-refractivity contribution < 1.29 is 4.79 Å². The molecule has 0 aromatic heterocycles. The lowest BCUT2D eigenvalue weighted by molar-refractivity contribution is -0.123. The maximum Gasteiger partial charge on any atom is 0.211 e. The van der Waals surface area contributed by atoms with Gasteiger partial charge in [0.15, 0.2) is 5.78 Å². The Morgan fingerprint density at radius 1 is 1.53 bits per heavy atom. The van der Waals surface area contributed by atoms with Gasteiger partial charge in [-0.2, -0.15) is 0 Å². The lowest BCUT2D eigenvalue weighted by Crippen LogP contribution is -2.36. The van der Waals surface area contributed by atoms with E-state index in [9.17, 15) is 4.79 Å². The lowest BCUT2D eigenvalue weighted by Gasteiger charge is -2.33. The monoisotopic (exact) mass is 300 g/mol. The molecule has 6 heteroatoms. The Kier molecular flexibility index (Phi) is 2.80. The molecular formula is C11H17BrN4O. The first kappa shape index (κ1) is 12.5. The Bertz CT molecular complexity index is 429. The number of guanidine groups is 1. The summed E-state index contributed by atoms with van der Waals surface area (Å²) in [6.45, 7) is 4.16. The van der Waals surface area contributed by atoms with E-state index in [1.165, 1.54) is 0 Å². The fourth-order valence-corrected chi connectivity index (χ4v) is 4.15. The van der Waals surface area contributed by atoms with Crippen molar-refractivity contribution in [1.29, 1.82) is 0 Å². The predicted molar refractivity (Wildman–Crippen MR) is 71.0 cm³/mol. The summed E-state index contributed by atoms with van der Waals surface area (Å²) >= 11 is 3.53. The highest BCUT2D eigenvalue weighted by Gasteiger charge is 2.66.